The number of hydrogen-bond acceptors (Lipinski definition) is 0. The fraction of sp³-hybridized carbons (Fsp3) is 0. The molecule has 4 heteroatoms. The van der Waals surface area contributed by atoms with E-state index >= 15 is 0 Å². The molecule has 0 aliphatic rings. The van der Waals surface area contributed by atoms with Crippen LogP contribution in [0.3, 0.4) is 0 Å². The third-order valence-electron chi connectivity index (χ3n) is 0. The van der Waals surface area contributed by atoms with Crippen LogP contribution in [0, 0.1) is 0 Å². The Balaban J connectivity index is 0. The van der Waals surface area contributed by atoms with E-state index in [1.807, 2.05) is 0 Å². The van der Waals surface area contributed by atoms with Crippen molar-refractivity contribution in [3.63, 3.8) is 0 Å². The number of hydrogen-bond donors (Lipinski definition) is 0. The van der Waals surface area contributed by atoms with Crippen LogP contribution in [0.25, 0.3) is 0 Å². The molecule has 0 aromatic heterocycles. The molecule has 0 nitrogen and oxygen atoms in total. The van der Waals surface area contributed by atoms with Crippen LogP contribution in [0.2, 0.25) is 0 Å². The molecule has 0 saturated heterocycles. The lowest BCUT2D eigenvalue weighted by Gasteiger charge is -0.270. The maximum absolute atomic E-state index is 0. The van der Waals surface area contributed by atoms with Gasteiger partial charge in [-0.3, -0.25) is 14.1 Å². The van der Waals surface area contributed by atoms with E-state index in [1.54, 1.807) is 0 Å². The Bertz CT molecular complexity index is 6.85. The van der Waals surface area contributed by atoms with Crippen molar-refractivity contribution in [2.24, 2.45) is 0 Å². The van der Waals surface area contributed by atoms with Gasteiger partial charge in [0.15, 0.2) is 0 Å². The van der Waals surface area contributed by atoms with E-state index in [-0.39, 0.29) is 24.0 Å². The Hall–Kier alpha value is -0.145. The molecule has 0 unspecified atom stereocenters. The molecule has 0 heterocycles. The van der Waals surface area contributed by atoms with E-state index in [0.717, 1.165) is 0 Å². The van der Waals surface area contributed by atoms with Crippen molar-refractivity contribution in [2.75, 3.05) is 0 Å². The molecule has 0 aromatic carbocycles. The van der Waals surface area contributed by atoms with Crippen molar-refractivity contribution in [1.29, 1.82) is 0 Å². The molecule has 0 amide bonds. The monoisotopic (exact) mass is 75.1 g/mol. The zero-order valence-electron chi connectivity index (χ0n) is 2.22. The zero-order valence-corrected chi connectivity index (χ0v) is 1.22. The second-order valence-electron chi connectivity index (χ2n) is 0. The molecule has 0 aliphatic heterocycles. The third-order valence-corrected chi connectivity index (χ3v) is 0. The molecule has 31 valence electrons. The van der Waals surface area contributed by atoms with Crippen LogP contribution < -0.4 is 0 Å². The van der Waals surface area contributed by atoms with E-state index < -0.39 is 0 Å². The summed E-state index contributed by atoms with van der Waals surface area (Å²) in [5, 5.41) is 0. The summed E-state index contributed by atoms with van der Waals surface area (Å²) in [6.07, 6.45) is 0. The van der Waals surface area contributed by atoms with Gasteiger partial charge in [0.05, 0.1) is 8.41 Å². The van der Waals surface area contributed by atoms with Crippen LogP contribution in [0.4, 0.5) is 14.1 Å². The minimum absolute atomic E-state index is 0. The first-order valence-corrected chi connectivity index (χ1v) is 0. The summed E-state index contributed by atoms with van der Waals surface area (Å²) in [6.45, 7) is 0. The van der Waals surface area contributed by atoms with E-state index in [4.69, 9.17) is 0 Å². The van der Waals surface area contributed by atoms with Crippen molar-refractivity contribution < 1.29 is 15.5 Å². The lowest BCUT2D eigenvalue weighted by Crippen LogP contribution is -0.381. The average Bonchev–Trinajstić information content (AvgIpc) is 0. The molecular formula is H7BF3. The summed E-state index contributed by atoms with van der Waals surface area (Å²) < 4.78 is 0. The van der Waals surface area contributed by atoms with Gasteiger partial charge < -0.3 is 0 Å². The highest BCUT2D eigenvalue weighted by Gasteiger charge is 0.0814. The Morgan fingerprint density at radius 2 is 0.750 bits per heavy atom. The maximum Gasteiger partial charge on any atom is 0.0814 e. The van der Waals surface area contributed by atoms with Crippen LogP contribution in [0.5, 0.6) is 0 Å². The summed E-state index contributed by atoms with van der Waals surface area (Å²) >= 11 is 0. The highest BCUT2D eigenvalue weighted by molar-refractivity contribution is 5.75. The predicted octanol–water partition coefficient (Wildman–Crippen LogP) is -0.614. The van der Waals surface area contributed by atoms with Gasteiger partial charge in [0.25, 0.3) is 0 Å². The second-order valence-corrected chi connectivity index (χ2v) is 0. The first kappa shape index (κ1) is 1490. The first-order valence-electron chi connectivity index (χ1n) is 0. The van der Waals surface area contributed by atoms with Crippen LogP contribution in [-0.2, 0) is 0 Å². The standard InChI is InChI=1S/BH3.3FH.H/h1H3;3*1H;. The van der Waals surface area contributed by atoms with E-state index in [1.165, 1.54) is 0 Å². The molecule has 4 heavy (non-hydrogen) atoms. The van der Waals surface area contributed by atoms with Gasteiger partial charge in [-0.05, 0) is 0 Å². The summed E-state index contributed by atoms with van der Waals surface area (Å²) in [6, 6.07) is 0. The summed E-state index contributed by atoms with van der Waals surface area (Å²) in [4.78, 5) is 0. The molecule has 0 spiro atoms. The van der Waals surface area contributed by atoms with Gasteiger partial charge in [-0.25, -0.2) is 0 Å². The van der Waals surface area contributed by atoms with Gasteiger partial charge in [0, 0.05) is 1.43 Å². The van der Waals surface area contributed by atoms with Crippen molar-refractivity contribution >= 4 is 8.41 Å². The van der Waals surface area contributed by atoms with Gasteiger partial charge >= 0.3 is 0 Å². The molecule has 0 N–H and O–H groups in total. The molecule has 0 saturated carbocycles. The topological polar surface area (TPSA) is 0 Å². The molecule has 0 aromatic rings. The zero-order chi connectivity index (χ0) is 0. The maximum atomic E-state index is 0. The SMILES string of the molecule is B.F.F.F.[H]. The van der Waals surface area contributed by atoms with Crippen molar-refractivity contribution in [3.8, 4) is 0 Å². The molecule has 0 fully saturated rings. The Morgan fingerprint density at radius 3 is 0.750 bits per heavy atom. The lowest BCUT2D eigenvalue weighted by atomic mass is 10.8. The Morgan fingerprint density at radius 1 is 0.750 bits per heavy atom. The molecule has 1 radical (unpaired) electrons. The van der Waals surface area contributed by atoms with Gasteiger partial charge in [0.2, 0.25) is 0 Å². The molecule has 0 rings (SSSR count). The first-order chi connectivity index (χ1) is 0. The summed E-state index contributed by atoms with van der Waals surface area (Å²) in [5.41, 5.74) is 0. The lowest BCUT2D eigenvalue weighted by molar-refractivity contribution is 1.11. The van der Waals surface area contributed by atoms with Crippen molar-refractivity contribution in [1.82, 2.24) is 0 Å². The van der Waals surface area contributed by atoms with Crippen LogP contribution >= 0.6 is 0 Å². The van der Waals surface area contributed by atoms with Gasteiger partial charge in [-0.15, -0.1) is 0 Å². The van der Waals surface area contributed by atoms with Gasteiger partial charge in [0.1, 0.15) is 0 Å². The van der Waals surface area contributed by atoms with Crippen LogP contribution in [-0.4, -0.2) is 8.41 Å². The smallest absolute Gasteiger partial charge is 0.0814 e. The molecule has 0 atom stereocenters. The molecular weight excluding hydrogens is 67.8 g/mol. The van der Waals surface area contributed by atoms with Crippen LogP contribution in [0.15, 0.2) is 0 Å². The number of rotatable bonds is 0. The van der Waals surface area contributed by atoms with E-state index in [0.29, 0.717) is 0 Å². The van der Waals surface area contributed by atoms with Crippen LogP contribution in [0.1, 0.15) is 1.43 Å². The largest absolute Gasteiger partial charge is 0.269 e. The Kier molecular flexibility index (Phi) is 174000. The highest BCUT2D eigenvalue weighted by Crippen LogP contribution is 0.422. The Labute approximate surface area is 25.4 Å². The van der Waals surface area contributed by atoms with Crippen molar-refractivity contribution in [2.45, 2.75) is 0 Å². The summed E-state index contributed by atoms with van der Waals surface area (Å²) in [7, 11) is 0. The van der Waals surface area contributed by atoms with Crippen molar-refractivity contribution in [3.05, 3.63) is 0 Å². The van der Waals surface area contributed by atoms with E-state index in [2.05, 4.69) is 0 Å². The predicted molar refractivity (Wildman–Crippen MR) is 18.6 cm³/mol. The normalized spacial score (nSPS) is 0. The summed E-state index contributed by atoms with van der Waals surface area (Å²) in [5.74, 6) is 0. The minimum Gasteiger partial charge on any atom is -0.269 e. The molecule has 0 bridgehead atoms. The minimum atomic E-state index is 0. The van der Waals surface area contributed by atoms with Gasteiger partial charge in [-0.2, -0.15) is 0 Å². The molecule has 0 aliphatic carbocycles. The van der Waals surface area contributed by atoms with E-state index in [9.17, 15) is 0 Å². The quantitative estimate of drug-likeness (QED) is 0.337. The van der Waals surface area contributed by atoms with Gasteiger partial charge in [-0.1, -0.05) is 0 Å². The fourth-order valence-electron chi connectivity index (χ4n) is 0. The number of halogens is 3. The fourth-order valence-corrected chi connectivity index (χ4v) is 0. The average molecular weight is 74.9 g/mol. The second kappa shape index (κ2) is 467. The highest BCUT2D eigenvalue weighted by atomic mass is 19.0. The third kappa shape index (κ3) is 64.4.